The average molecular weight is 264 g/mol. The maximum absolute atomic E-state index is 9.37. The Balaban J connectivity index is 0.000000151. The van der Waals surface area contributed by atoms with Crippen LogP contribution in [-0.2, 0) is 0 Å². The van der Waals surface area contributed by atoms with Crippen LogP contribution in [0.3, 0.4) is 0 Å². The van der Waals surface area contributed by atoms with Crippen LogP contribution in [0.2, 0.25) is 0 Å². The van der Waals surface area contributed by atoms with Crippen LogP contribution in [0.5, 0.6) is 5.75 Å². The van der Waals surface area contributed by atoms with E-state index in [0.717, 1.165) is 16.3 Å². The number of aromatic hydroxyl groups is 1. The summed E-state index contributed by atoms with van der Waals surface area (Å²) in [5.41, 5.74) is 5.97. The van der Waals surface area contributed by atoms with Gasteiger partial charge >= 0.3 is 0 Å². The standard InChI is InChI=1S/C10H8O.C7H8N2/c11-10-7-3-5-8-4-1-2-6-9(8)10;8-7(9)6-4-2-1-3-5-6/h1-7,11H;1-5H,(H3,8,9). The summed E-state index contributed by atoms with van der Waals surface area (Å²) in [6.45, 7) is 0. The summed E-state index contributed by atoms with van der Waals surface area (Å²) in [6.07, 6.45) is 0. The summed E-state index contributed by atoms with van der Waals surface area (Å²) in [6, 6.07) is 22.5. The number of amidine groups is 1. The Morgan fingerprint density at radius 3 is 2.00 bits per heavy atom. The lowest BCUT2D eigenvalue weighted by atomic mass is 10.1. The zero-order chi connectivity index (χ0) is 14.4. The number of phenolic OH excluding ortho intramolecular Hbond substituents is 1. The van der Waals surface area contributed by atoms with Gasteiger partial charge in [0, 0.05) is 10.9 Å². The van der Waals surface area contributed by atoms with Crippen LogP contribution >= 0.6 is 0 Å². The van der Waals surface area contributed by atoms with Gasteiger partial charge in [-0.3, -0.25) is 5.41 Å². The molecule has 3 heteroatoms. The number of hydrogen-bond donors (Lipinski definition) is 3. The molecule has 0 radical (unpaired) electrons. The van der Waals surface area contributed by atoms with Crippen molar-refractivity contribution in [2.45, 2.75) is 0 Å². The monoisotopic (exact) mass is 264 g/mol. The topological polar surface area (TPSA) is 70.1 Å². The van der Waals surface area contributed by atoms with Crippen LogP contribution in [0.25, 0.3) is 10.8 Å². The zero-order valence-corrected chi connectivity index (χ0v) is 11.0. The van der Waals surface area contributed by atoms with E-state index in [1.165, 1.54) is 0 Å². The Morgan fingerprint density at radius 1 is 0.800 bits per heavy atom. The minimum absolute atomic E-state index is 0.121. The van der Waals surface area contributed by atoms with Gasteiger partial charge in [-0.25, -0.2) is 0 Å². The van der Waals surface area contributed by atoms with Crippen LogP contribution < -0.4 is 5.73 Å². The molecule has 100 valence electrons. The first kappa shape index (κ1) is 13.6. The summed E-state index contributed by atoms with van der Waals surface area (Å²) >= 11 is 0. The van der Waals surface area contributed by atoms with Gasteiger partial charge in [-0.15, -0.1) is 0 Å². The molecular weight excluding hydrogens is 248 g/mol. The largest absolute Gasteiger partial charge is 0.507 e. The van der Waals surface area contributed by atoms with E-state index >= 15 is 0 Å². The fourth-order valence-electron chi connectivity index (χ4n) is 1.83. The lowest BCUT2D eigenvalue weighted by Crippen LogP contribution is -2.10. The van der Waals surface area contributed by atoms with Gasteiger partial charge in [0.15, 0.2) is 0 Å². The van der Waals surface area contributed by atoms with Gasteiger partial charge in [0.1, 0.15) is 11.6 Å². The van der Waals surface area contributed by atoms with Crippen molar-refractivity contribution in [3.05, 3.63) is 78.4 Å². The highest BCUT2D eigenvalue weighted by atomic mass is 16.3. The highest BCUT2D eigenvalue weighted by Crippen LogP contribution is 2.22. The van der Waals surface area contributed by atoms with Gasteiger partial charge in [0.25, 0.3) is 0 Å². The number of benzene rings is 3. The zero-order valence-electron chi connectivity index (χ0n) is 11.0. The number of nitrogens with one attached hydrogen (secondary N) is 1. The summed E-state index contributed by atoms with van der Waals surface area (Å²) in [5.74, 6) is 0.471. The van der Waals surface area contributed by atoms with Gasteiger partial charge in [-0.1, -0.05) is 66.7 Å². The second kappa shape index (κ2) is 6.38. The Kier molecular flexibility index (Phi) is 4.35. The van der Waals surface area contributed by atoms with E-state index in [2.05, 4.69) is 0 Å². The lowest BCUT2D eigenvalue weighted by molar-refractivity contribution is 0.481. The molecule has 4 N–H and O–H groups in total. The highest BCUT2D eigenvalue weighted by Gasteiger charge is 1.94. The first-order valence-electron chi connectivity index (χ1n) is 6.24. The number of nitrogens with two attached hydrogens (primary N) is 1. The summed E-state index contributed by atoms with van der Waals surface area (Å²) in [5, 5.41) is 18.4. The highest BCUT2D eigenvalue weighted by molar-refractivity contribution is 5.94. The molecule has 3 nitrogen and oxygen atoms in total. The van der Waals surface area contributed by atoms with E-state index in [0.29, 0.717) is 5.75 Å². The Morgan fingerprint density at radius 2 is 1.40 bits per heavy atom. The number of phenols is 1. The molecule has 0 aliphatic carbocycles. The van der Waals surface area contributed by atoms with E-state index < -0.39 is 0 Å². The molecule has 0 spiro atoms. The van der Waals surface area contributed by atoms with E-state index in [1.54, 1.807) is 6.07 Å². The van der Waals surface area contributed by atoms with Crippen LogP contribution in [0.15, 0.2) is 72.8 Å². The van der Waals surface area contributed by atoms with Crippen molar-refractivity contribution in [1.29, 1.82) is 5.41 Å². The number of rotatable bonds is 1. The smallest absolute Gasteiger partial charge is 0.123 e. The lowest BCUT2D eigenvalue weighted by Gasteiger charge is -1.97. The van der Waals surface area contributed by atoms with E-state index in [4.69, 9.17) is 11.1 Å². The molecule has 3 aromatic carbocycles. The molecule has 0 aliphatic rings. The van der Waals surface area contributed by atoms with Crippen LogP contribution in [-0.4, -0.2) is 10.9 Å². The van der Waals surface area contributed by atoms with Crippen molar-refractivity contribution in [2.24, 2.45) is 5.73 Å². The third-order valence-electron chi connectivity index (χ3n) is 2.85. The van der Waals surface area contributed by atoms with Gasteiger partial charge < -0.3 is 10.8 Å². The normalized spacial score (nSPS) is 9.60. The van der Waals surface area contributed by atoms with Crippen LogP contribution in [0.4, 0.5) is 0 Å². The molecule has 0 unspecified atom stereocenters. The van der Waals surface area contributed by atoms with Gasteiger partial charge in [0.05, 0.1) is 0 Å². The van der Waals surface area contributed by atoms with Crippen molar-refractivity contribution in [1.82, 2.24) is 0 Å². The predicted molar refractivity (Wildman–Crippen MR) is 83.1 cm³/mol. The summed E-state index contributed by atoms with van der Waals surface area (Å²) < 4.78 is 0. The summed E-state index contributed by atoms with van der Waals surface area (Å²) in [7, 11) is 0. The van der Waals surface area contributed by atoms with Crippen LogP contribution in [0.1, 0.15) is 5.56 Å². The summed E-state index contributed by atoms with van der Waals surface area (Å²) in [4.78, 5) is 0. The number of hydrogen-bond acceptors (Lipinski definition) is 2. The minimum Gasteiger partial charge on any atom is -0.507 e. The first-order valence-corrected chi connectivity index (χ1v) is 6.24. The number of nitrogen functional groups attached to an aromatic ring is 1. The van der Waals surface area contributed by atoms with Crippen LogP contribution in [0, 0.1) is 5.41 Å². The molecule has 0 saturated heterocycles. The third-order valence-corrected chi connectivity index (χ3v) is 2.85. The molecule has 0 bridgehead atoms. The fourth-order valence-corrected chi connectivity index (χ4v) is 1.83. The second-order valence-electron chi connectivity index (χ2n) is 4.28. The maximum atomic E-state index is 9.37. The van der Waals surface area contributed by atoms with Gasteiger partial charge in [-0.05, 0) is 11.5 Å². The Bertz CT molecular complexity index is 703. The molecule has 3 aromatic rings. The Labute approximate surface area is 117 Å². The quantitative estimate of drug-likeness (QED) is 0.465. The Hall–Kier alpha value is -2.81. The molecular formula is C17H16N2O. The third kappa shape index (κ3) is 3.36. The molecule has 0 saturated carbocycles. The number of fused-ring (bicyclic) bond motifs is 1. The second-order valence-corrected chi connectivity index (χ2v) is 4.28. The van der Waals surface area contributed by atoms with Crippen molar-refractivity contribution in [2.75, 3.05) is 0 Å². The van der Waals surface area contributed by atoms with E-state index in [-0.39, 0.29) is 5.84 Å². The molecule has 0 aliphatic heterocycles. The minimum atomic E-state index is 0.121. The molecule has 0 fully saturated rings. The van der Waals surface area contributed by atoms with Crippen molar-refractivity contribution < 1.29 is 5.11 Å². The first-order chi connectivity index (χ1) is 9.68. The molecule has 3 rings (SSSR count). The van der Waals surface area contributed by atoms with Gasteiger partial charge in [0.2, 0.25) is 0 Å². The van der Waals surface area contributed by atoms with Crippen molar-refractivity contribution in [3.63, 3.8) is 0 Å². The predicted octanol–water partition coefficient (Wildman–Crippen LogP) is 3.52. The molecule has 0 atom stereocenters. The fraction of sp³-hybridized carbons (Fsp3) is 0. The average Bonchev–Trinajstić information content (AvgIpc) is 2.49. The molecule has 20 heavy (non-hydrogen) atoms. The molecule has 0 aromatic heterocycles. The molecule has 0 amide bonds. The molecule has 0 heterocycles. The van der Waals surface area contributed by atoms with E-state index in [1.807, 2.05) is 66.7 Å². The van der Waals surface area contributed by atoms with E-state index in [9.17, 15) is 5.11 Å². The SMILES string of the molecule is N=C(N)c1ccccc1.Oc1cccc2ccccc12. The van der Waals surface area contributed by atoms with Gasteiger partial charge in [-0.2, -0.15) is 0 Å². The van der Waals surface area contributed by atoms with Crippen molar-refractivity contribution >= 4 is 16.6 Å². The maximum Gasteiger partial charge on any atom is 0.123 e. The van der Waals surface area contributed by atoms with Crippen molar-refractivity contribution in [3.8, 4) is 5.75 Å².